The molecule has 0 aliphatic heterocycles. The standard InChI is InChI=1S/C12H17N3/c13-7-10-6-11(8-2-1-3-8)15-12(14-10)9-4-5-9/h6,8-9H,1-5,7,13H2. The second kappa shape index (κ2) is 3.56. The van der Waals surface area contributed by atoms with Gasteiger partial charge in [0.25, 0.3) is 0 Å². The van der Waals surface area contributed by atoms with Gasteiger partial charge in [0.2, 0.25) is 0 Å². The molecule has 3 heteroatoms. The van der Waals surface area contributed by atoms with E-state index in [-0.39, 0.29) is 0 Å². The Morgan fingerprint density at radius 2 is 1.93 bits per heavy atom. The van der Waals surface area contributed by atoms with Crippen molar-refractivity contribution >= 4 is 0 Å². The van der Waals surface area contributed by atoms with Crippen LogP contribution in [0.3, 0.4) is 0 Å². The van der Waals surface area contributed by atoms with Crippen molar-refractivity contribution in [1.29, 1.82) is 0 Å². The Morgan fingerprint density at radius 3 is 2.47 bits per heavy atom. The van der Waals surface area contributed by atoms with Crippen molar-refractivity contribution in [2.24, 2.45) is 5.73 Å². The van der Waals surface area contributed by atoms with E-state index in [0.29, 0.717) is 18.4 Å². The summed E-state index contributed by atoms with van der Waals surface area (Å²) >= 11 is 0. The Bertz CT molecular complexity index is 367. The molecular weight excluding hydrogens is 186 g/mol. The van der Waals surface area contributed by atoms with Gasteiger partial charge in [0.15, 0.2) is 0 Å². The number of hydrogen-bond acceptors (Lipinski definition) is 3. The first-order valence-corrected chi connectivity index (χ1v) is 5.94. The van der Waals surface area contributed by atoms with Gasteiger partial charge in [0.1, 0.15) is 5.82 Å². The number of aromatic nitrogens is 2. The molecular formula is C12H17N3. The van der Waals surface area contributed by atoms with E-state index in [1.807, 2.05) is 0 Å². The lowest BCUT2D eigenvalue weighted by Crippen LogP contribution is -2.14. The number of nitrogens with zero attached hydrogens (tertiary/aromatic N) is 2. The van der Waals surface area contributed by atoms with Crippen LogP contribution in [-0.2, 0) is 6.54 Å². The average Bonchev–Trinajstić information content (AvgIpc) is 2.97. The Balaban J connectivity index is 1.93. The molecule has 1 heterocycles. The minimum absolute atomic E-state index is 0.544. The van der Waals surface area contributed by atoms with Crippen molar-refractivity contribution in [1.82, 2.24) is 9.97 Å². The summed E-state index contributed by atoms with van der Waals surface area (Å²) in [5.74, 6) is 2.38. The third-order valence-electron chi connectivity index (χ3n) is 3.49. The zero-order valence-electron chi connectivity index (χ0n) is 8.95. The maximum atomic E-state index is 5.68. The molecule has 2 fully saturated rings. The van der Waals surface area contributed by atoms with E-state index in [2.05, 4.69) is 11.1 Å². The molecule has 1 aromatic rings. The molecule has 80 valence electrons. The monoisotopic (exact) mass is 203 g/mol. The lowest BCUT2D eigenvalue weighted by molar-refractivity contribution is 0.409. The Kier molecular flexibility index (Phi) is 2.20. The second-order valence-electron chi connectivity index (χ2n) is 4.75. The van der Waals surface area contributed by atoms with Gasteiger partial charge in [0, 0.05) is 24.1 Å². The summed E-state index contributed by atoms with van der Waals surface area (Å²) in [7, 11) is 0. The molecule has 0 aromatic carbocycles. The van der Waals surface area contributed by atoms with Crippen molar-refractivity contribution in [3.05, 3.63) is 23.3 Å². The van der Waals surface area contributed by atoms with E-state index in [1.165, 1.54) is 37.8 Å². The minimum atomic E-state index is 0.544. The summed E-state index contributed by atoms with van der Waals surface area (Å²) in [5, 5.41) is 0. The summed E-state index contributed by atoms with van der Waals surface area (Å²) in [4.78, 5) is 9.22. The molecule has 2 N–H and O–H groups in total. The molecule has 3 nitrogen and oxygen atoms in total. The van der Waals surface area contributed by atoms with Crippen LogP contribution in [0.15, 0.2) is 6.07 Å². The summed E-state index contributed by atoms with van der Waals surface area (Å²) in [6, 6.07) is 2.11. The molecule has 0 bridgehead atoms. The van der Waals surface area contributed by atoms with Crippen molar-refractivity contribution in [2.45, 2.75) is 50.5 Å². The maximum Gasteiger partial charge on any atom is 0.132 e. The van der Waals surface area contributed by atoms with Crippen LogP contribution in [0.25, 0.3) is 0 Å². The molecule has 2 aliphatic rings. The van der Waals surface area contributed by atoms with Gasteiger partial charge in [-0.25, -0.2) is 9.97 Å². The predicted molar refractivity (Wildman–Crippen MR) is 58.5 cm³/mol. The van der Waals surface area contributed by atoms with Gasteiger partial charge in [-0.3, -0.25) is 0 Å². The third kappa shape index (κ3) is 1.76. The van der Waals surface area contributed by atoms with Gasteiger partial charge in [-0.2, -0.15) is 0 Å². The van der Waals surface area contributed by atoms with Crippen LogP contribution < -0.4 is 5.73 Å². The van der Waals surface area contributed by atoms with E-state index in [1.54, 1.807) is 0 Å². The van der Waals surface area contributed by atoms with E-state index >= 15 is 0 Å². The highest BCUT2D eigenvalue weighted by Crippen LogP contribution is 2.40. The molecule has 0 spiro atoms. The van der Waals surface area contributed by atoms with Crippen molar-refractivity contribution in [2.75, 3.05) is 0 Å². The van der Waals surface area contributed by atoms with Crippen LogP contribution >= 0.6 is 0 Å². The third-order valence-corrected chi connectivity index (χ3v) is 3.49. The molecule has 2 aliphatic carbocycles. The average molecular weight is 203 g/mol. The Labute approximate surface area is 90.1 Å². The fourth-order valence-corrected chi connectivity index (χ4v) is 2.08. The Morgan fingerprint density at radius 1 is 1.13 bits per heavy atom. The smallest absolute Gasteiger partial charge is 0.132 e. The fourth-order valence-electron chi connectivity index (χ4n) is 2.08. The molecule has 0 saturated heterocycles. The molecule has 0 radical (unpaired) electrons. The summed E-state index contributed by atoms with van der Waals surface area (Å²) in [6.07, 6.45) is 6.47. The van der Waals surface area contributed by atoms with Gasteiger partial charge in [0.05, 0.1) is 5.69 Å². The van der Waals surface area contributed by atoms with Crippen LogP contribution in [0.2, 0.25) is 0 Å². The lowest BCUT2D eigenvalue weighted by Gasteiger charge is -2.25. The van der Waals surface area contributed by atoms with Gasteiger partial charge in [-0.15, -0.1) is 0 Å². The highest BCUT2D eigenvalue weighted by molar-refractivity contribution is 5.20. The van der Waals surface area contributed by atoms with Gasteiger partial charge < -0.3 is 5.73 Å². The topological polar surface area (TPSA) is 51.8 Å². The maximum absolute atomic E-state index is 5.68. The molecule has 0 atom stereocenters. The normalized spacial score (nSPS) is 21.4. The molecule has 15 heavy (non-hydrogen) atoms. The lowest BCUT2D eigenvalue weighted by atomic mass is 9.82. The number of nitrogens with two attached hydrogens (primary N) is 1. The van der Waals surface area contributed by atoms with Crippen molar-refractivity contribution < 1.29 is 0 Å². The van der Waals surface area contributed by atoms with Crippen LogP contribution in [-0.4, -0.2) is 9.97 Å². The summed E-state index contributed by atoms with van der Waals surface area (Å²) in [6.45, 7) is 0.544. The molecule has 0 amide bonds. The molecule has 1 aromatic heterocycles. The van der Waals surface area contributed by atoms with Crippen LogP contribution in [0.1, 0.15) is 61.2 Å². The Hall–Kier alpha value is -0.960. The SMILES string of the molecule is NCc1cc(C2CCC2)nc(C2CC2)n1. The van der Waals surface area contributed by atoms with Crippen molar-refractivity contribution in [3.8, 4) is 0 Å². The number of hydrogen-bond donors (Lipinski definition) is 1. The van der Waals surface area contributed by atoms with E-state index < -0.39 is 0 Å². The first-order chi connectivity index (χ1) is 7.36. The largest absolute Gasteiger partial charge is 0.325 e. The van der Waals surface area contributed by atoms with E-state index in [4.69, 9.17) is 10.7 Å². The minimum Gasteiger partial charge on any atom is -0.325 e. The van der Waals surface area contributed by atoms with E-state index in [0.717, 1.165) is 11.5 Å². The first kappa shape index (κ1) is 9.28. The van der Waals surface area contributed by atoms with Crippen LogP contribution in [0.4, 0.5) is 0 Å². The number of rotatable bonds is 3. The molecule has 2 saturated carbocycles. The highest BCUT2D eigenvalue weighted by atomic mass is 14.9. The van der Waals surface area contributed by atoms with Crippen LogP contribution in [0.5, 0.6) is 0 Å². The van der Waals surface area contributed by atoms with Gasteiger partial charge in [-0.1, -0.05) is 6.42 Å². The highest BCUT2D eigenvalue weighted by Gasteiger charge is 2.29. The predicted octanol–water partition coefficient (Wildman–Crippen LogP) is 2.08. The first-order valence-electron chi connectivity index (χ1n) is 5.94. The summed E-state index contributed by atoms with van der Waals surface area (Å²) in [5.41, 5.74) is 7.95. The molecule has 0 unspecified atom stereocenters. The zero-order valence-corrected chi connectivity index (χ0v) is 8.95. The summed E-state index contributed by atoms with van der Waals surface area (Å²) < 4.78 is 0. The van der Waals surface area contributed by atoms with Gasteiger partial charge in [-0.05, 0) is 31.7 Å². The fraction of sp³-hybridized carbons (Fsp3) is 0.667. The second-order valence-corrected chi connectivity index (χ2v) is 4.75. The van der Waals surface area contributed by atoms with E-state index in [9.17, 15) is 0 Å². The zero-order chi connectivity index (χ0) is 10.3. The molecule has 3 rings (SSSR count). The quantitative estimate of drug-likeness (QED) is 0.818. The van der Waals surface area contributed by atoms with Crippen LogP contribution in [0, 0.1) is 0 Å². The van der Waals surface area contributed by atoms with Crippen molar-refractivity contribution in [3.63, 3.8) is 0 Å². The van der Waals surface area contributed by atoms with Gasteiger partial charge >= 0.3 is 0 Å².